The fourth-order valence-electron chi connectivity index (χ4n) is 4.12. The molecule has 198 valence electrons. The molecule has 1 aliphatic heterocycles. The number of hydrogen-bond acceptors (Lipinski definition) is 7. The Morgan fingerprint density at radius 1 is 1.32 bits per heavy atom. The van der Waals surface area contributed by atoms with Crippen molar-refractivity contribution < 1.29 is 19.1 Å². The lowest BCUT2D eigenvalue weighted by Gasteiger charge is -2.25. The number of ether oxygens (including phenoxy) is 1. The van der Waals surface area contributed by atoms with Crippen LogP contribution >= 0.6 is 0 Å². The zero-order valence-corrected chi connectivity index (χ0v) is 22.0. The summed E-state index contributed by atoms with van der Waals surface area (Å²) < 4.78 is 7.08. The van der Waals surface area contributed by atoms with Crippen LogP contribution in [-0.2, 0) is 16.1 Å². The number of fused-ring (bicyclic) bond motifs is 1. The smallest absolute Gasteiger partial charge is 0.245 e. The van der Waals surface area contributed by atoms with E-state index in [-0.39, 0.29) is 47.7 Å². The van der Waals surface area contributed by atoms with Gasteiger partial charge in [-0.3, -0.25) is 19.1 Å². The van der Waals surface area contributed by atoms with E-state index in [1.165, 1.54) is 24.0 Å². The molecule has 2 aromatic rings. The number of rotatable bonds is 10. The molecule has 1 N–H and O–H groups in total. The molecule has 1 aliphatic rings. The van der Waals surface area contributed by atoms with Gasteiger partial charge in [0, 0.05) is 37.7 Å². The van der Waals surface area contributed by atoms with Crippen LogP contribution in [-0.4, -0.2) is 75.6 Å². The molecule has 0 radical (unpaired) electrons. The minimum Gasteiger partial charge on any atom is -0.469 e. The molecule has 1 saturated heterocycles. The number of Topliss-reactive ketones (excluding diaryl/α,β-unsaturated/α-hetero) is 1. The Kier molecular flexibility index (Phi) is 8.90. The summed E-state index contributed by atoms with van der Waals surface area (Å²) in [5.41, 5.74) is 0.824. The van der Waals surface area contributed by atoms with E-state index in [4.69, 9.17) is 4.74 Å². The summed E-state index contributed by atoms with van der Waals surface area (Å²) in [7, 11) is 0. The Hall–Kier alpha value is -3.89. The summed E-state index contributed by atoms with van der Waals surface area (Å²) >= 11 is 0. The predicted octanol–water partition coefficient (Wildman–Crippen LogP) is 2.80. The van der Waals surface area contributed by atoms with Crippen molar-refractivity contribution in [3.8, 4) is 5.88 Å². The minimum absolute atomic E-state index is 0.0181. The maximum atomic E-state index is 13.2. The second-order valence-electron chi connectivity index (χ2n) is 10.1. The zero-order valence-electron chi connectivity index (χ0n) is 22.0. The van der Waals surface area contributed by atoms with Crippen molar-refractivity contribution in [3.05, 3.63) is 30.7 Å². The van der Waals surface area contributed by atoms with E-state index >= 15 is 0 Å². The second kappa shape index (κ2) is 11.9. The number of nitrogens with zero attached hydrogens (tertiary/aromatic N) is 6. The Labute approximate surface area is 216 Å². The lowest BCUT2D eigenvalue weighted by Crippen LogP contribution is -2.47. The Morgan fingerprint density at radius 3 is 2.73 bits per heavy atom. The molecule has 2 aromatic heterocycles. The van der Waals surface area contributed by atoms with Crippen LogP contribution in [0.15, 0.2) is 35.0 Å². The predicted molar refractivity (Wildman–Crippen MR) is 142 cm³/mol. The first-order chi connectivity index (χ1) is 17.5. The van der Waals surface area contributed by atoms with Gasteiger partial charge in [-0.15, -0.1) is 0 Å². The first kappa shape index (κ1) is 27.7. The Morgan fingerprint density at radius 2 is 2.08 bits per heavy atom. The number of amidine groups is 1. The second-order valence-corrected chi connectivity index (χ2v) is 10.1. The maximum absolute atomic E-state index is 13.2. The van der Waals surface area contributed by atoms with Crippen molar-refractivity contribution in [1.82, 2.24) is 25.0 Å². The van der Waals surface area contributed by atoms with Gasteiger partial charge in [0.2, 0.25) is 17.7 Å². The summed E-state index contributed by atoms with van der Waals surface area (Å²) in [6, 6.07) is 1.08. The van der Waals surface area contributed by atoms with E-state index in [0.29, 0.717) is 36.2 Å². The normalized spacial score (nSPS) is 16.1. The fraction of sp³-hybridized carbons (Fsp3) is 0.500. The van der Waals surface area contributed by atoms with Crippen LogP contribution < -0.4 is 10.1 Å². The fourth-order valence-corrected chi connectivity index (χ4v) is 4.12. The molecule has 1 atom stereocenters. The third kappa shape index (κ3) is 7.08. The largest absolute Gasteiger partial charge is 0.469 e. The lowest BCUT2D eigenvalue weighted by molar-refractivity contribution is -0.139. The van der Waals surface area contributed by atoms with Crippen molar-refractivity contribution in [2.24, 2.45) is 15.4 Å². The third-order valence-corrected chi connectivity index (χ3v) is 6.05. The van der Waals surface area contributed by atoms with Crippen LogP contribution in [0.1, 0.15) is 57.4 Å². The molecule has 0 saturated carbocycles. The van der Waals surface area contributed by atoms with Gasteiger partial charge in [-0.1, -0.05) is 27.4 Å². The van der Waals surface area contributed by atoms with Crippen LogP contribution in [0, 0.1) is 5.41 Å². The molecule has 2 amide bonds. The van der Waals surface area contributed by atoms with Gasteiger partial charge in [-0.2, -0.15) is 5.10 Å². The van der Waals surface area contributed by atoms with Crippen molar-refractivity contribution in [2.75, 3.05) is 19.7 Å². The Balaban J connectivity index is 1.76. The van der Waals surface area contributed by atoms with Gasteiger partial charge < -0.3 is 15.0 Å². The van der Waals surface area contributed by atoms with E-state index in [2.05, 4.69) is 59.5 Å². The van der Waals surface area contributed by atoms with Crippen molar-refractivity contribution in [3.63, 3.8) is 0 Å². The quantitative estimate of drug-likeness (QED) is 0.298. The highest BCUT2D eigenvalue weighted by Crippen LogP contribution is 2.24. The summed E-state index contributed by atoms with van der Waals surface area (Å²) in [4.78, 5) is 51.9. The lowest BCUT2D eigenvalue weighted by atomic mass is 9.92. The summed E-state index contributed by atoms with van der Waals surface area (Å²) in [5.74, 6) is -0.0648. The van der Waals surface area contributed by atoms with Gasteiger partial charge in [-0.25, -0.2) is 15.0 Å². The van der Waals surface area contributed by atoms with Gasteiger partial charge in [-0.05, 0) is 31.4 Å². The number of amides is 2. The first-order valence-electron chi connectivity index (χ1n) is 12.3. The van der Waals surface area contributed by atoms with Crippen LogP contribution in [0.2, 0.25) is 0 Å². The van der Waals surface area contributed by atoms with Gasteiger partial charge in [0.15, 0.2) is 11.6 Å². The standard InChI is InChI=1S/C26H35N7O4/c1-7-28-21(27-6)16-37-22-13-18-20(14-30-22)33(31-24(18)17(2)34)15-23(35)32-12-8-9-19(32)25(36)29-11-10-26(3,4)5/h7,13-14,19H,1,6,8-12,15-16H2,2-5H3,(H,29,36). The van der Waals surface area contributed by atoms with Gasteiger partial charge in [0.1, 0.15) is 24.9 Å². The molecule has 0 aliphatic carbocycles. The molecule has 11 heteroatoms. The first-order valence-corrected chi connectivity index (χ1v) is 12.3. The molecule has 1 fully saturated rings. The molecule has 3 heterocycles. The van der Waals surface area contributed by atoms with E-state index in [0.717, 1.165) is 12.8 Å². The molecule has 11 nitrogen and oxygen atoms in total. The molecular formula is C26H35N7O4. The maximum Gasteiger partial charge on any atom is 0.245 e. The monoisotopic (exact) mass is 509 g/mol. The zero-order chi connectivity index (χ0) is 27.2. The number of carbonyl (C=O) groups is 3. The highest BCUT2D eigenvalue weighted by atomic mass is 16.5. The number of ketones is 1. The molecule has 37 heavy (non-hydrogen) atoms. The van der Waals surface area contributed by atoms with Gasteiger partial charge in [0.25, 0.3) is 0 Å². The molecular weight excluding hydrogens is 474 g/mol. The summed E-state index contributed by atoms with van der Waals surface area (Å²) in [6.07, 6.45) is 5.05. The number of aliphatic imine (C=N–C) groups is 2. The molecule has 0 aromatic carbocycles. The van der Waals surface area contributed by atoms with Crippen molar-refractivity contribution in [2.45, 2.75) is 59.5 Å². The number of pyridine rings is 1. The van der Waals surface area contributed by atoms with Gasteiger partial charge >= 0.3 is 0 Å². The number of aromatic nitrogens is 3. The topological polar surface area (TPSA) is 131 Å². The summed E-state index contributed by atoms with van der Waals surface area (Å²) in [5, 5.41) is 7.87. The van der Waals surface area contributed by atoms with Crippen molar-refractivity contribution in [1.29, 1.82) is 0 Å². The van der Waals surface area contributed by atoms with E-state index in [1.54, 1.807) is 11.0 Å². The minimum atomic E-state index is -0.510. The van der Waals surface area contributed by atoms with E-state index < -0.39 is 6.04 Å². The van der Waals surface area contributed by atoms with E-state index in [9.17, 15) is 14.4 Å². The molecule has 1 unspecified atom stereocenters. The van der Waals surface area contributed by atoms with Crippen LogP contribution in [0.4, 0.5) is 0 Å². The molecule has 0 bridgehead atoms. The molecule has 0 spiro atoms. The van der Waals surface area contributed by atoms with Crippen molar-refractivity contribution >= 4 is 41.1 Å². The Bertz CT molecular complexity index is 1230. The molecule has 3 rings (SSSR count). The number of nitrogens with one attached hydrogen (secondary N) is 1. The van der Waals surface area contributed by atoms with E-state index in [1.807, 2.05) is 0 Å². The number of likely N-dealkylation sites (tertiary alicyclic amines) is 1. The van der Waals surface area contributed by atoms with Crippen LogP contribution in [0.25, 0.3) is 10.9 Å². The average Bonchev–Trinajstić information content (AvgIpc) is 3.46. The highest BCUT2D eigenvalue weighted by molar-refractivity contribution is 6.05. The van der Waals surface area contributed by atoms with Crippen LogP contribution in [0.5, 0.6) is 5.88 Å². The van der Waals surface area contributed by atoms with Crippen LogP contribution in [0.3, 0.4) is 0 Å². The highest BCUT2D eigenvalue weighted by Gasteiger charge is 2.34. The summed E-state index contributed by atoms with van der Waals surface area (Å²) in [6.45, 7) is 15.7. The number of hydrogen-bond donors (Lipinski definition) is 1. The SMILES string of the molecule is C=CN=C(COc1cc2c(C(C)=O)nn(CC(=O)N3CCCC3C(=O)NCCC(C)(C)C)c2cn1)N=C. The van der Waals surface area contributed by atoms with Gasteiger partial charge in [0.05, 0.1) is 11.7 Å². The number of carbonyl (C=O) groups excluding carboxylic acids is 3. The average molecular weight is 510 g/mol. The third-order valence-electron chi connectivity index (χ3n) is 6.05.